The topological polar surface area (TPSA) is 59.0 Å². The molecular formula is C27H33IN4O. The van der Waals surface area contributed by atoms with Crippen molar-refractivity contribution in [2.45, 2.75) is 71.0 Å². The number of carbonyl (C=O) groups excluding carboxylic acids is 1. The Bertz CT molecular complexity index is 1150. The Balaban J connectivity index is 1.69. The number of halogens is 1. The van der Waals surface area contributed by atoms with Crippen molar-refractivity contribution in [1.82, 2.24) is 15.1 Å². The summed E-state index contributed by atoms with van der Waals surface area (Å²) >= 11 is 2.31. The summed E-state index contributed by atoms with van der Waals surface area (Å²) < 4.78 is 3.16. The van der Waals surface area contributed by atoms with Crippen LogP contribution in [-0.2, 0) is 11.1 Å². The van der Waals surface area contributed by atoms with Crippen LogP contribution in [0.5, 0.6) is 0 Å². The lowest BCUT2D eigenvalue weighted by molar-refractivity contribution is 0.0890. The minimum absolute atomic E-state index is 0.0905. The van der Waals surface area contributed by atoms with Gasteiger partial charge in [0.25, 0.3) is 5.91 Å². The van der Waals surface area contributed by atoms with Crippen molar-refractivity contribution in [1.29, 1.82) is 0 Å². The molecule has 0 saturated carbocycles. The molecule has 1 aliphatic heterocycles. The molecule has 33 heavy (non-hydrogen) atoms. The molecule has 174 valence electrons. The minimum Gasteiger partial charge on any atom is -0.363 e. The van der Waals surface area contributed by atoms with Gasteiger partial charge in [0, 0.05) is 3.57 Å². The third kappa shape index (κ3) is 4.42. The third-order valence-electron chi connectivity index (χ3n) is 7.12. The van der Waals surface area contributed by atoms with Crippen molar-refractivity contribution in [2.75, 3.05) is 5.32 Å². The summed E-state index contributed by atoms with van der Waals surface area (Å²) in [5.41, 5.74) is 3.61. The highest BCUT2D eigenvalue weighted by Gasteiger charge is 2.38. The van der Waals surface area contributed by atoms with Gasteiger partial charge in [-0.05, 0) is 91.4 Å². The maximum absolute atomic E-state index is 13.7. The van der Waals surface area contributed by atoms with E-state index >= 15 is 0 Å². The Morgan fingerprint density at radius 2 is 1.85 bits per heavy atom. The summed E-state index contributed by atoms with van der Waals surface area (Å²) in [6.45, 7) is 10.8. The van der Waals surface area contributed by atoms with Crippen molar-refractivity contribution in [3.8, 4) is 0 Å². The summed E-state index contributed by atoms with van der Waals surface area (Å²) in [6, 6.07) is 17.0. The molecule has 2 N–H and O–H groups in total. The van der Waals surface area contributed by atoms with E-state index in [1.807, 2.05) is 4.68 Å². The number of carbonyl (C=O) groups is 1. The maximum atomic E-state index is 13.7. The van der Waals surface area contributed by atoms with Crippen molar-refractivity contribution in [3.05, 3.63) is 80.6 Å². The molecule has 2 aromatic carbocycles. The first kappa shape index (κ1) is 23.8. The largest absolute Gasteiger partial charge is 0.363 e. The Labute approximate surface area is 210 Å². The predicted molar refractivity (Wildman–Crippen MR) is 143 cm³/mol. The zero-order chi connectivity index (χ0) is 23.8. The summed E-state index contributed by atoms with van der Waals surface area (Å²) in [6.07, 6.45) is 4.22. The number of benzene rings is 2. The van der Waals surface area contributed by atoms with E-state index in [1.54, 1.807) is 6.20 Å². The van der Waals surface area contributed by atoms with Crippen LogP contribution in [0, 0.1) is 10.5 Å². The van der Waals surface area contributed by atoms with Crippen LogP contribution >= 0.6 is 22.6 Å². The number of aromatic nitrogens is 2. The number of rotatable bonds is 6. The van der Waals surface area contributed by atoms with Crippen molar-refractivity contribution < 1.29 is 4.79 Å². The van der Waals surface area contributed by atoms with Crippen molar-refractivity contribution in [2.24, 2.45) is 0 Å². The van der Waals surface area contributed by atoms with Gasteiger partial charge in [0.1, 0.15) is 11.4 Å². The zero-order valence-electron chi connectivity index (χ0n) is 20.1. The highest BCUT2D eigenvalue weighted by atomic mass is 127. The minimum atomic E-state index is -0.421. The van der Waals surface area contributed by atoms with Crippen molar-refractivity contribution >= 4 is 34.3 Å². The summed E-state index contributed by atoms with van der Waals surface area (Å²) in [5.74, 6) is 0.702. The average Bonchev–Trinajstić information content (AvgIpc) is 3.23. The quantitative estimate of drug-likeness (QED) is 0.340. The first-order valence-corrected chi connectivity index (χ1v) is 12.8. The first-order valence-electron chi connectivity index (χ1n) is 11.7. The molecule has 1 atom stereocenters. The Kier molecular flexibility index (Phi) is 6.58. The van der Waals surface area contributed by atoms with E-state index in [2.05, 4.69) is 121 Å². The molecule has 3 aromatic rings. The number of nitrogens with zero attached hydrogens (tertiary/aromatic N) is 2. The molecule has 0 aliphatic carbocycles. The van der Waals surface area contributed by atoms with Crippen LogP contribution in [0.25, 0.3) is 0 Å². The molecule has 6 heteroatoms. The predicted octanol–water partition coefficient (Wildman–Crippen LogP) is 6.53. The molecule has 1 amide bonds. The molecule has 1 unspecified atom stereocenters. The summed E-state index contributed by atoms with van der Waals surface area (Å²) in [5, 5.41) is 11.7. The Morgan fingerprint density at radius 3 is 2.48 bits per heavy atom. The highest BCUT2D eigenvalue weighted by molar-refractivity contribution is 14.1. The van der Waals surface area contributed by atoms with Crippen LogP contribution in [-0.4, -0.2) is 15.7 Å². The normalized spacial score (nSPS) is 17.2. The van der Waals surface area contributed by atoms with E-state index in [9.17, 15) is 4.79 Å². The third-order valence-corrected chi connectivity index (χ3v) is 7.84. The van der Waals surface area contributed by atoms with E-state index in [1.165, 1.54) is 14.7 Å². The lowest BCUT2D eigenvalue weighted by atomic mass is 9.84. The lowest BCUT2D eigenvalue weighted by Crippen LogP contribution is -2.45. The van der Waals surface area contributed by atoms with Crippen LogP contribution < -0.4 is 10.6 Å². The fourth-order valence-corrected chi connectivity index (χ4v) is 5.40. The van der Waals surface area contributed by atoms with Crippen molar-refractivity contribution in [3.63, 3.8) is 0 Å². The molecule has 5 nitrogen and oxygen atoms in total. The van der Waals surface area contributed by atoms with Gasteiger partial charge in [-0.1, -0.05) is 50.2 Å². The molecule has 1 aromatic heterocycles. The lowest BCUT2D eigenvalue weighted by Gasteiger charge is -2.39. The van der Waals surface area contributed by atoms with Gasteiger partial charge in [-0.15, -0.1) is 0 Å². The second kappa shape index (κ2) is 9.12. The molecule has 2 heterocycles. The number of fused-ring (bicyclic) bond motifs is 1. The molecule has 1 aliphatic rings. The second-order valence-corrected chi connectivity index (χ2v) is 10.9. The standard InChI is InChI=1S/C27H33IN4O/c1-6-27(7-2,19-12-14-20(28)15-13-19)31-25(33)22-17-29-32-24(22)30-23(16-26(32,4)5)21-11-9-8-10-18(21)3/h8-15,17,23,30H,6-7,16H2,1-5H3,(H,31,33). The number of hydrogen-bond donors (Lipinski definition) is 2. The average molecular weight is 556 g/mol. The first-order chi connectivity index (χ1) is 15.7. The number of hydrogen-bond acceptors (Lipinski definition) is 3. The van der Waals surface area contributed by atoms with Gasteiger partial charge in [-0.3, -0.25) is 4.79 Å². The molecule has 0 spiro atoms. The molecule has 0 bridgehead atoms. The van der Waals surface area contributed by atoms with E-state index < -0.39 is 5.54 Å². The van der Waals surface area contributed by atoms with Gasteiger partial charge in [0.05, 0.1) is 23.3 Å². The smallest absolute Gasteiger partial charge is 0.257 e. The van der Waals surface area contributed by atoms with Gasteiger partial charge in [0.2, 0.25) is 0 Å². The van der Waals surface area contributed by atoms with Gasteiger partial charge in [-0.25, -0.2) is 4.68 Å². The van der Waals surface area contributed by atoms with Gasteiger partial charge in [-0.2, -0.15) is 5.10 Å². The summed E-state index contributed by atoms with van der Waals surface area (Å²) in [7, 11) is 0. The Hall–Kier alpha value is -2.35. The van der Waals surface area contributed by atoms with Crippen LogP contribution in [0.4, 0.5) is 5.82 Å². The van der Waals surface area contributed by atoms with E-state index in [-0.39, 0.29) is 17.5 Å². The van der Waals surface area contributed by atoms with Crippen LogP contribution in [0.3, 0.4) is 0 Å². The number of anilines is 1. The molecule has 0 saturated heterocycles. The van der Waals surface area contributed by atoms with E-state index in [0.29, 0.717) is 5.56 Å². The van der Waals surface area contributed by atoms with Gasteiger partial charge < -0.3 is 10.6 Å². The fourth-order valence-electron chi connectivity index (χ4n) is 5.04. The second-order valence-electron chi connectivity index (χ2n) is 9.64. The number of amides is 1. The van der Waals surface area contributed by atoms with Crippen LogP contribution in [0.1, 0.15) is 80.0 Å². The Morgan fingerprint density at radius 1 is 1.18 bits per heavy atom. The zero-order valence-corrected chi connectivity index (χ0v) is 22.2. The summed E-state index contributed by atoms with van der Waals surface area (Å²) in [4.78, 5) is 13.7. The maximum Gasteiger partial charge on any atom is 0.257 e. The van der Waals surface area contributed by atoms with Gasteiger partial charge >= 0.3 is 0 Å². The van der Waals surface area contributed by atoms with Crippen LogP contribution in [0.15, 0.2) is 54.7 Å². The molecule has 0 radical (unpaired) electrons. The number of nitrogens with one attached hydrogen (secondary N) is 2. The molecule has 0 fully saturated rings. The van der Waals surface area contributed by atoms with Gasteiger partial charge in [0.15, 0.2) is 0 Å². The SMILES string of the molecule is CCC(CC)(NC(=O)c1cnn2c1NC(c1ccccc1C)CC2(C)C)c1ccc(I)cc1. The fraction of sp³-hybridized carbons (Fsp3) is 0.407. The molecule has 4 rings (SSSR count). The monoisotopic (exact) mass is 556 g/mol. The number of aryl methyl sites for hydroxylation is 1. The van der Waals surface area contributed by atoms with Crippen LogP contribution in [0.2, 0.25) is 0 Å². The van der Waals surface area contributed by atoms with E-state index in [0.717, 1.165) is 30.6 Å². The highest BCUT2D eigenvalue weighted by Crippen LogP contribution is 2.41. The van der Waals surface area contributed by atoms with E-state index in [4.69, 9.17) is 0 Å². The molecular weight excluding hydrogens is 523 g/mol.